The number of H-pyrrole nitrogens is 1. The number of methoxy groups -OCH3 is 1. The van der Waals surface area contributed by atoms with Gasteiger partial charge >= 0.3 is 0 Å². The van der Waals surface area contributed by atoms with E-state index in [4.69, 9.17) is 15.2 Å². The zero-order chi connectivity index (χ0) is 13.5. The highest BCUT2D eigenvalue weighted by molar-refractivity contribution is 5.80. The third-order valence-electron chi connectivity index (χ3n) is 2.70. The average molecular weight is 264 g/mol. The number of imidazole rings is 1. The molecule has 2 aromatic rings. The molecule has 0 aliphatic carbocycles. The fourth-order valence-corrected chi connectivity index (χ4v) is 1.74. The standard InChI is InChI=1S/C13H20N4O2/c1-18-7-8-19-6-2-5-15-13-16-11-4-3-10(14)9-12(11)17-13/h3-4,9H,2,5-8,14H2,1H3,(H2,15,16,17). The summed E-state index contributed by atoms with van der Waals surface area (Å²) in [5.41, 5.74) is 8.30. The number of nitrogens with zero attached hydrogens (tertiary/aromatic N) is 1. The molecule has 0 unspecified atom stereocenters. The first-order valence-electron chi connectivity index (χ1n) is 6.35. The predicted molar refractivity (Wildman–Crippen MR) is 76.3 cm³/mol. The molecule has 6 nitrogen and oxygen atoms in total. The van der Waals surface area contributed by atoms with Gasteiger partial charge < -0.3 is 25.5 Å². The molecule has 0 aliphatic rings. The monoisotopic (exact) mass is 264 g/mol. The van der Waals surface area contributed by atoms with E-state index >= 15 is 0 Å². The van der Waals surface area contributed by atoms with E-state index in [1.807, 2.05) is 18.2 Å². The van der Waals surface area contributed by atoms with Crippen molar-refractivity contribution in [3.63, 3.8) is 0 Å². The van der Waals surface area contributed by atoms with E-state index in [1.54, 1.807) is 7.11 Å². The highest BCUT2D eigenvalue weighted by atomic mass is 16.5. The van der Waals surface area contributed by atoms with Crippen molar-refractivity contribution >= 4 is 22.7 Å². The van der Waals surface area contributed by atoms with Gasteiger partial charge in [-0.05, 0) is 24.6 Å². The van der Waals surface area contributed by atoms with Gasteiger partial charge in [-0.2, -0.15) is 0 Å². The van der Waals surface area contributed by atoms with Crippen molar-refractivity contribution in [3.05, 3.63) is 18.2 Å². The van der Waals surface area contributed by atoms with Crippen LogP contribution in [0.25, 0.3) is 11.0 Å². The van der Waals surface area contributed by atoms with Crippen molar-refractivity contribution in [1.29, 1.82) is 0 Å². The number of benzene rings is 1. The summed E-state index contributed by atoms with van der Waals surface area (Å²) in [5.74, 6) is 0.762. The Morgan fingerprint density at radius 1 is 1.32 bits per heavy atom. The summed E-state index contributed by atoms with van der Waals surface area (Å²) in [5, 5.41) is 3.23. The number of hydrogen-bond acceptors (Lipinski definition) is 5. The second kappa shape index (κ2) is 6.96. The molecule has 4 N–H and O–H groups in total. The first-order chi connectivity index (χ1) is 9.29. The van der Waals surface area contributed by atoms with Crippen molar-refractivity contribution in [2.24, 2.45) is 0 Å². The molecule has 0 bridgehead atoms. The topological polar surface area (TPSA) is 85.2 Å². The van der Waals surface area contributed by atoms with Crippen LogP contribution in [0.3, 0.4) is 0 Å². The maximum absolute atomic E-state index is 5.72. The molecule has 0 aliphatic heterocycles. The third-order valence-corrected chi connectivity index (χ3v) is 2.70. The Morgan fingerprint density at radius 3 is 3.05 bits per heavy atom. The molecule has 1 aromatic carbocycles. The van der Waals surface area contributed by atoms with Gasteiger partial charge in [0.25, 0.3) is 0 Å². The van der Waals surface area contributed by atoms with Gasteiger partial charge in [0.15, 0.2) is 0 Å². The molecule has 0 atom stereocenters. The minimum Gasteiger partial charge on any atom is -0.399 e. The SMILES string of the molecule is COCCOCCCNc1nc2ccc(N)cc2[nH]1. The van der Waals surface area contributed by atoms with Crippen molar-refractivity contribution in [1.82, 2.24) is 9.97 Å². The molecule has 19 heavy (non-hydrogen) atoms. The highest BCUT2D eigenvalue weighted by Gasteiger charge is 2.01. The molecule has 1 aromatic heterocycles. The zero-order valence-electron chi connectivity index (χ0n) is 11.1. The number of nitrogens with two attached hydrogens (primary N) is 1. The Balaban J connectivity index is 1.72. The van der Waals surface area contributed by atoms with Crippen molar-refractivity contribution in [3.8, 4) is 0 Å². The molecule has 0 saturated carbocycles. The summed E-state index contributed by atoms with van der Waals surface area (Å²) >= 11 is 0. The molecule has 1 heterocycles. The van der Waals surface area contributed by atoms with E-state index in [1.165, 1.54) is 0 Å². The van der Waals surface area contributed by atoms with Gasteiger partial charge in [-0.3, -0.25) is 0 Å². The minimum atomic E-state index is 0.637. The number of anilines is 2. The molecule has 0 fully saturated rings. The number of hydrogen-bond donors (Lipinski definition) is 3. The van der Waals surface area contributed by atoms with Crippen molar-refractivity contribution < 1.29 is 9.47 Å². The number of ether oxygens (including phenoxy) is 2. The Morgan fingerprint density at radius 2 is 2.21 bits per heavy atom. The van der Waals surface area contributed by atoms with Crippen LogP contribution in [0.15, 0.2) is 18.2 Å². The summed E-state index contributed by atoms with van der Waals surface area (Å²) in [4.78, 5) is 7.60. The molecule has 0 radical (unpaired) electrons. The summed E-state index contributed by atoms with van der Waals surface area (Å²) in [6, 6.07) is 5.62. The quantitative estimate of drug-likeness (QED) is 0.498. The number of aromatic amines is 1. The van der Waals surface area contributed by atoms with Crippen LogP contribution in [0.2, 0.25) is 0 Å². The van der Waals surface area contributed by atoms with Crippen LogP contribution in [-0.2, 0) is 9.47 Å². The van der Waals surface area contributed by atoms with E-state index in [9.17, 15) is 0 Å². The molecule has 104 valence electrons. The van der Waals surface area contributed by atoms with Crippen LogP contribution in [0.1, 0.15) is 6.42 Å². The lowest BCUT2D eigenvalue weighted by Gasteiger charge is -2.04. The molecule has 0 spiro atoms. The molecular formula is C13H20N4O2. The highest BCUT2D eigenvalue weighted by Crippen LogP contribution is 2.16. The summed E-state index contributed by atoms with van der Waals surface area (Å²) in [6.45, 7) is 2.80. The third kappa shape index (κ3) is 4.11. The van der Waals surface area contributed by atoms with E-state index in [0.29, 0.717) is 19.8 Å². The lowest BCUT2D eigenvalue weighted by Crippen LogP contribution is -2.08. The minimum absolute atomic E-state index is 0.637. The largest absolute Gasteiger partial charge is 0.399 e. The van der Waals surface area contributed by atoms with E-state index in [0.717, 1.165) is 35.6 Å². The summed E-state index contributed by atoms with van der Waals surface area (Å²) in [7, 11) is 1.67. The Hall–Kier alpha value is -1.79. The number of nitrogen functional groups attached to an aromatic ring is 1. The lowest BCUT2D eigenvalue weighted by molar-refractivity contribution is 0.0705. The zero-order valence-corrected chi connectivity index (χ0v) is 11.1. The van der Waals surface area contributed by atoms with Gasteiger partial charge in [-0.15, -0.1) is 0 Å². The molecule has 2 rings (SSSR count). The molecule has 6 heteroatoms. The van der Waals surface area contributed by atoms with Crippen LogP contribution in [-0.4, -0.2) is 43.4 Å². The summed E-state index contributed by atoms with van der Waals surface area (Å²) in [6.07, 6.45) is 0.920. The number of nitrogens with one attached hydrogen (secondary N) is 2. The van der Waals surface area contributed by atoms with Crippen LogP contribution in [0, 0.1) is 0 Å². The first-order valence-corrected chi connectivity index (χ1v) is 6.35. The maximum Gasteiger partial charge on any atom is 0.201 e. The Kier molecular flexibility index (Phi) is 5.00. The second-order valence-electron chi connectivity index (χ2n) is 4.25. The normalized spacial score (nSPS) is 11.0. The van der Waals surface area contributed by atoms with Crippen LogP contribution in [0.5, 0.6) is 0 Å². The maximum atomic E-state index is 5.72. The lowest BCUT2D eigenvalue weighted by atomic mass is 10.3. The van der Waals surface area contributed by atoms with Crippen molar-refractivity contribution in [2.75, 3.05) is 44.5 Å². The van der Waals surface area contributed by atoms with Gasteiger partial charge in [0.05, 0.1) is 24.2 Å². The Bertz CT molecular complexity index is 512. The predicted octanol–water partition coefficient (Wildman–Crippen LogP) is 1.61. The van der Waals surface area contributed by atoms with Gasteiger partial charge in [-0.1, -0.05) is 0 Å². The summed E-state index contributed by atoms with van der Waals surface area (Å²) < 4.78 is 10.3. The number of rotatable bonds is 8. The molecule has 0 amide bonds. The van der Waals surface area contributed by atoms with Crippen LogP contribution < -0.4 is 11.1 Å². The first kappa shape index (κ1) is 13.6. The van der Waals surface area contributed by atoms with Gasteiger partial charge in [0, 0.05) is 25.9 Å². The smallest absolute Gasteiger partial charge is 0.201 e. The van der Waals surface area contributed by atoms with E-state index in [-0.39, 0.29) is 0 Å². The average Bonchev–Trinajstić information content (AvgIpc) is 2.79. The van der Waals surface area contributed by atoms with Gasteiger partial charge in [0.1, 0.15) is 0 Å². The molecule has 0 saturated heterocycles. The van der Waals surface area contributed by atoms with Crippen LogP contribution in [0.4, 0.5) is 11.6 Å². The second-order valence-corrected chi connectivity index (χ2v) is 4.25. The van der Waals surface area contributed by atoms with E-state index < -0.39 is 0 Å². The van der Waals surface area contributed by atoms with E-state index in [2.05, 4.69) is 15.3 Å². The number of fused-ring (bicyclic) bond motifs is 1. The molecular weight excluding hydrogens is 244 g/mol. The van der Waals surface area contributed by atoms with Crippen molar-refractivity contribution in [2.45, 2.75) is 6.42 Å². The fraction of sp³-hybridized carbons (Fsp3) is 0.462. The fourth-order valence-electron chi connectivity index (χ4n) is 1.74. The van der Waals surface area contributed by atoms with Gasteiger partial charge in [0.2, 0.25) is 5.95 Å². The van der Waals surface area contributed by atoms with Crippen LogP contribution >= 0.6 is 0 Å². The Labute approximate surface area is 112 Å². The number of aromatic nitrogens is 2. The van der Waals surface area contributed by atoms with Gasteiger partial charge in [-0.25, -0.2) is 4.98 Å².